The topological polar surface area (TPSA) is 20.2 Å². The maximum atomic E-state index is 10.5. The van der Waals surface area contributed by atoms with Crippen molar-refractivity contribution in [3.63, 3.8) is 0 Å². The molecule has 4 atom stereocenters. The number of rotatable bonds is 4. The Balaban J connectivity index is 2.54. The first-order valence-corrected chi connectivity index (χ1v) is 11.1. The van der Waals surface area contributed by atoms with E-state index in [-0.39, 0.29) is 22.3 Å². The van der Waals surface area contributed by atoms with E-state index in [9.17, 15) is 5.11 Å². The summed E-state index contributed by atoms with van der Waals surface area (Å²) >= 11 is 0. The quantitative estimate of drug-likeness (QED) is 0.552. The van der Waals surface area contributed by atoms with Gasteiger partial charge in [0.25, 0.3) is 0 Å². The van der Waals surface area contributed by atoms with E-state index < -0.39 is 0 Å². The Morgan fingerprint density at radius 2 is 1.77 bits per heavy atom. The van der Waals surface area contributed by atoms with Crippen LogP contribution in [0.5, 0.6) is 0 Å². The van der Waals surface area contributed by atoms with Crippen molar-refractivity contribution in [2.75, 3.05) is 0 Å². The molecular weight excluding hydrogens is 316 g/mol. The molecule has 150 valence electrons. The third-order valence-electron chi connectivity index (χ3n) is 8.45. The lowest BCUT2D eigenvalue weighted by Gasteiger charge is -2.52. The molecule has 0 aromatic heterocycles. The van der Waals surface area contributed by atoms with Crippen LogP contribution in [0, 0.1) is 21.7 Å². The van der Waals surface area contributed by atoms with Crippen LogP contribution < -0.4 is 0 Å². The average Bonchev–Trinajstić information content (AvgIpc) is 2.67. The number of aliphatic hydroxyl groups excluding tert-OH is 1. The van der Waals surface area contributed by atoms with Gasteiger partial charge in [0.1, 0.15) is 0 Å². The van der Waals surface area contributed by atoms with Gasteiger partial charge in [-0.25, -0.2) is 0 Å². The highest BCUT2D eigenvalue weighted by molar-refractivity contribution is 5.44. The van der Waals surface area contributed by atoms with Gasteiger partial charge < -0.3 is 5.11 Å². The fourth-order valence-electron chi connectivity index (χ4n) is 6.38. The molecule has 2 rings (SSSR count). The monoisotopic (exact) mass is 360 g/mol. The van der Waals surface area contributed by atoms with E-state index in [1.807, 2.05) is 0 Å². The molecule has 26 heavy (non-hydrogen) atoms. The summed E-state index contributed by atoms with van der Waals surface area (Å²) in [7, 11) is 0. The molecule has 1 fully saturated rings. The summed E-state index contributed by atoms with van der Waals surface area (Å²) in [5, 5.41) is 10.5. The fraction of sp³-hybridized carbons (Fsp3) is 0.840. The van der Waals surface area contributed by atoms with E-state index in [0.717, 1.165) is 19.3 Å². The minimum atomic E-state index is -0.168. The number of allylic oxidation sites excluding steroid dienone is 4. The largest absolute Gasteiger partial charge is 0.393 e. The van der Waals surface area contributed by atoms with Gasteiger partial charge in [0.05, 0.1) is 6.10 Å². The maximum absolute atomic E-state index is 10.5. The van der Waals surface area contributed by atoms with E-state index in [1.165, 1.54) is 32.1 Å². The van der Waals surface area contributed by atoms with Crippen LogP contribution in [0.2, 0.25) is 0 Å². The zero-order valence-electron chi connectivity index (χ0n) is 18.8. The molecule has 1 heteroatoms. The highest BCUT2D eigenvalue weighted by atomic mass is 16.3. The Kier molecular flexibility index (Phi) is 6.23. The van der Waals surface area contributed by atoms with Crippen LogP contribution in [-0.4, -0.2) is 11.2 Å². The highest BCUT2D eigenvalue weighted by Gasteiger charge is 2.51. The van der Waals surface area contributed by atoms with Gasteiger partial charge in [-0.2, -0.15) is 0 Å². The van der Waals surface area contributed by atoms with Crippen LogP contribution >= 0.6 is 0 Å². The minimum absolute atomic E-state index is 0.00574. The fourth-order valence-corrected chi connectivity index (χ4v) is 6.38. The van der Waals surface area contributed by atoms with Gasteiger partial charge in [0.15, 0.2) is 0 Å². The smallest absolute Gasteiger partial charge is 0.0591 e. The third kappa shape index (κ3) is 3.46. The molecule has 0 spiro atoms. The van der Waals surface area contributed by atoms with Gasteiger partial charge in [0, 0.05) is 0 Å². The van der Waals surface area contributed by atoms with E-state index in [1.54, 1.807) is 11.1 Å². The Bertz CT molecular complexity index is 569. The molecule has 1 nitrogen and oxygen atoms in total. The molecule has 2 aliphatic rings. The molecule has 0 heterocycles. The molecule has 0 saturated heterocycles. The summed E-state index contributed by atoms with van der Waals surface area (Å²) in [5.74, 6) is 0. The van der Waals surface area contributed by atoms with Crippen molar-refractivity contribution in [2.45, 2.75) is 113 Å². The van der Waals surface area contributed by atoms with Gasteiger partial charge in [0.2, 0.25) is 0 Å². The second kappa shape index (κ2) is 7.46. The zero-order valence-corrected chi connectivity index (χ0v) is 18.8. The Morgan fingerprint density at radius 3 is 2.27 bits per heavy atom. The van der Waals surface area contributed by atoms with Crippen molar-refractivity contribution in [1.29, 1.82) is 0 Å². The SMILES string of the molecule is CC=C1C(C2(C)CCC(O)C(C)(C)C2)=CCCC(C)(CC)C1(C)CCC. The molecule has 1 N–H and O–H groups in total. The summed E-state index contributed by atoms with van der Waals surface area (Å²) in [5.41, 5.74) is 3.97. The second-order valence-electron chi connectivity index (χ2n) is 10.6. The van der Waals surface area contributed by atoms with Crippen LogP contribution in [0.25, 0.3) is 0 Å². The molecule has 0 aromatic rings. The van der Waals surface area contributed by atoms with Crippen LogP contribution in [-0.2, 0) is 0 Å². The van der Waals surface area contributed by atoms with E-state index in [2.05, 4.69) is 67.5 Å². The molecule has 0 radical (unpaired) electrons. The lowest BCUT2D eigenvalue weighted by atomic mass is 9.52. The number of aliphatic hydroxyl groups is 1. The Morgan fingerprint density at radius 1 is 1.12 bits per heavy atom. The van der Waals surface area contributed by atoms with E-state index in [0.29, 0.717) is 5.41 Å². The molecule has 0 aromatic carbocycles. The Hall–Kier alpha value is -0.560. The predicted molar refractivity (Wildman–Crippen MR) is 114 cm³/mol. The van der Waals surface area contributed by atoms with Crippen molar-refractivity contribution in [3.05, 3.63) is 23.3 Å². The van der Waals surface area contributed by atoms with Gasteiger partial charge in [-0.15, -0.1) is 0 Å². The van der Waals surface area contributed by atoms with Crippen molar-refractivity contribution < 1.29 is 5.11 Å². The molecule has 1 saturated carbocycles. The predicted octanol–water partition coefficient (Wildman–Crippen LogP) is 7.45. The average molecular weight is 361 g/mol. The number of hydrogen-bond donors (Lipinski definition) is 1. The molecule has 0 amide bonds. The molecule has 2 aliphatic carbocycles. The van der Waals surface area contributed by atoms with Crippen LogP contribution in [0.1, 0.15) is 107 Å². The first-order valence-electron chi connectivity index (χ1n) is 11.1. The number of hydrogen-bond acceptors (Lipinski definition) is 1. The zero-order chi connectivity index (χ0) is 19.8. The molecule has 0 bridgehead atoms. The molecule has 0 aliphatic heterocycles. The summed E-state index contributed by atoms with van der Waals surface area (Å²) in [6.07, 6.45) is 14.2. The van der Waals surface area contributed by atoms with Crippen molar-refractivity contribution >= 4 is 0 Å². The highest BCUT2D eigenvalue weighted by Crippen LogP contribution is 2.61. The third-order valence-corrected chi connectivity index (χ3v) is 8.45. The summed E-state index contributed by atoms with van der Waals surface area (Å²) < 4.78 is 0. The van der Waals surface area contributed by atoms with Crippen LogP contribution in [0.15, 0.2) is 23.3 Å². The standard InChI is InChI=1S/C25H44O/c1-9-15-25(8)19(10-2)20(13-12-16-24(25,7)11-3)23(6)17-14-21(26)22(4,5)18-23/h10,13,21,26H,9,11-12,14-18H2,1-8H3. The van der Waals surface area contributed by atoms with Gasteiger partial charge in [-0.3, -0.25) is 0 Å². The maximum Gasteiger partial charge on any atom is 0.0591 e. The molecular formula is C25H44O. The van der Waals surface area contributed by atoms with Crippen molar-refractivity contribution in [2.24, 2.45) is 21.7 Å². The second-order valence-corrected chi connectivity index (χ2v) is 10.6. The van der Waals surface area contributed by atoms with Crippen LogP contribution in [0.4, 0.5) is 0 Å². The van der Waals surface area contributed by atoms with Gasteiger partial charge in [-0.1, -0.05) is 67.0 Å². The summed E-state index contributed by atoms with van der Waals surface area (Å²) in [6.45, 7) is 19.0. The normalized spacial score (nSPS) is 42.4. The minimum Gasteiger partial charge on any atom is -0.393 e. The molecule has 4 unspecified atom stereocenters. The van der Waals surface area contributed by atoms with Crippen molar-refractivity contribution in [1.82, 2.24) is 0 Å². The van der Waals surface area contributed by atoms with E-state index >= 15 is 0 Å². The van der Waals surface area contributed by atoms with Gasteiger partial charge in [-0.05, 0) is 84.7 Å². The van der Waals surface area contributed by atoms with Gasteiger partial charge >= 0.3 is 0 Å². The van der Waals surface area contributed by atoms with Crippen LogP contribution in [0.3, 0.4) is 0 Å². The Labute approximate surface area is 163 Å². The van der Waals surface area contributed by atoms with Crippen molar-refractivity contribution in [3.8, 4) is 0 Å². The summed E-state index contributed by atoms with van der Waals surface area (Å²) in [4.78, 5) is 0. The summed E-state index contributed by atoms with van der Waals surface area (Å²) in [6, 6.07) is 0. The first-order chi connectivity index (χ1) is 12.0. The lowest BCUT2D eigenvalue weighted by molar-refractivity contribution is -0.0267. The first kappa shape index (κ1) is 21.7. The lowest BCUT2D eigenvalue weighted by Crippen LogP contribution is -2.44. The van der Waals surface area contributed by atoms with E-state index in [4.69, 9.17) is 0 Å².